The Morgan fingerprint density at radius 1 is 0.309 bits per heavy atom. The molecule has 0 amide bonds. The van der Waals surface area contributed by atoms with E-state index in [1.807, 2.05) is 82.3 Å². The fourth-order valence-electron chi connectivity index (χ4n) is 4.31. The average molecular weight is 1380 g/mol. The van der Waals surface area contributed by atoms with E-state index >= 15 is 0 Å². The van der Waals surface area contributed by atoms with E-state index in [1.165, 1.54) is 82.0 Å². The first-order valence-corrected chi connectivity index (χ1v) is 42.7. The first-order chi connectivity index (χ1) is 33.0. The summed E-state index contributed by atoms with van der Waals surface area (Å²) in [6.07, 6.45) is 0.505. The van der Waals surface area contributed by atoms with Crippen LogP contribution in [0.25, 0.3) is 0 Å². The summed E-state index contributed by atoms with van der Waals surface area (Å²) in [4.78, 5) is 0. The van der Waals surface area contributed by atoms with Crippen molar-refractivity contribution < 1.29 is 20.4 Å². The molecule has 0 rings (SSSR count). The Hall–Kier alpha value is 7.89. The average Bonchev–Trinajstić information content (AvgIpc) is 3.35. The second-order valence-corrected chi connectivity index (χ2v) is 33.2. The molecule has 0 aliphatic rings. The number of rotatable bonds is 48. The monoisotopic (exact) mass is 1380 g/mol. The zero-order valence-corrected chi connectivity index (χ0v) is 59.5. The third-order valence-corrected chi connectivity index (χ3v) is 30.4. The van der Waals surface area contributed by atoms with Crippen LogP contribution in [0, 0.1) is 0 Å². The van der Waals surface area contributed by atoms with Crippen molar-refractivity contribution in [3.05, 3.63) is 0 Å². The van der Waals surface area contributed by atoms with Crippen LogP contribution in [0.4, 0.5) is 0 Å². The Bertz CT molecular complexity index is 862. The number of thioether (sulfide) groups is 12. The Morgan fingerprint density at radius 3 is 0.926 bits per heavy atom. The smallest absolute Gasteiger partial charge is 0.0720 e. The largest absolute Gasteiger partial charge is 0.396 e. The minimum Gasteiger partial charge on any atom is -0.396 e. The third-order valence-electron chi connectivity index (χ3n) is 7.51. The van der Waals surface area contributed by atoms with E-state index in [1.54, 1.807) is 0 Å². The van der Waals surface area contributed by atoms with Crippen LogP contribution >= 0.6 is 280 Å². The molecule has 0 fully saturated rings. The molecule has 0 bridgehead atoms. The highest BCUT2D eigenvalue weighted by atomic mass is 32.2. The minimum absolute atomic E-state index is 0.144. The molecule has 0 saturated carbocycles. The standard InChI is InChI=1S/C11H24S6.C10H22O4S3.2C10H22S7/c1-2-4-15-8-10(6-13)17-11(7-14)9-16-5-3-12;11-1-3-15-5-9(13)7-17-8-10(14)6-16-4-2-12;11-1-3-16-9(5-13)7-15-8-10(6-14)17-4-2-12;11-1-3-15-7-9(5-13)17-8-10(6-14)16-4-2-12/h10-14H,2-9H2,1H3;3*9-14H,1-8H2. The molecule has 0 aliphatic heterocycles. The molecule has 0 radical (unpaired) electrons. The van der Waals surface area contributed by atoms with E-state index in [0.717, 1.165) is 92.0 Å². The van der Waals surface area contributed by atoms with Crippen LogP contribution in [0.1, 0.15) is 13.3 Å². The van der Waals surface area contributed by atoms with E-state index in [9.17, 15) is 10.2 Å². The van der Waals surface area contributed by atoms with E-state index in [0.29, 0.717) is 66.0 Å². The predicted octanol–water partition coefficient (Wildman–Crippen LogP) is 11.3. The van der Waals surface area contributed by atoms with Crippen LogP contribution in [0.5, 0.6) is 0 Å². The lowest BCUT2D eigenvalue weighted by Gasteiger charge is -2.20. The second-order valence-electron chi connectivity index (χ2n) is 13.7. The van der Waals surface area contributed by atoms with Gasteiger partial charge in [0.15, 0.2) is 0 Å². The van der Waals surface area contributed by atoms with E-state index < -0.39 is 0 Å². The van der Waals surface area contributed by atoms with Gasteiger partial charge in [0.2, 0.25) is 0 Å². The van der Waals surface area contributed by atoms with Gasteiger partial charge in [-0.25, -0.2) is 0 Å². The lowest BCUT2D eigenvalue weighted by atomic mass is 10.5. The summed E-state index contributed by atoms with van der Waals surface area (Å²) in [5.41, 5.74) is 0. The van der Waals surface area contributed by atoms with Crippen molar-refractivity contribution in [2.24, 2.45) is 0 Å². The molecule has 0 aromatic carbocycles. The highest BCUT2D eigenvalue weighted by molar-refractivity contribution is 8.07. The second kappa shape index (κ2) is 71.0. The van der Waals surface area contributed by atoms with Crippen molar-refractivity contribution in [1.82, 2.24) is 0 Å². The molecule has 8 unspecified atom stereocenters. The summed E-state index contributed by atoms with van der Waals surface area (Å²) in [6.45, 7) is 2.52. The van der Waals surface area contributed by atoms with Crippen molar-refractivity contribution in [2.75, 3.05) is 180 Å². The predicted molar refractivity (Wildman–Crippen MR) is 390 cm³/mol. The molecule has 27 heteroatoms. The first-order valence-electron chi connectivity index (χ1n) is 22.5. The zero-order chi connectivity index (χ0) is 51.7. The molecule has 0 aromatic rings. The van der Waals surface area contributed by atoms with E-state index in [-0.39, 0.29) is 25.4 Å². The van der Waals surface area contributed by atoms with E-state index in [2.05, 4.69) is 169 Å². The Morgan fingerprint density at radius 2 is 0.588 bits per heavy atom. The SMILES string of the molecule is CCCSCC(CS)SC(CS)CSCCS.OCCSCC(O)CSCC(O)CSCCO.SCCSC(CS)CSCC(CS)SCCS.SCCSCC(CS)SCC(CS)SCCS. The Balaban J connectivity index is -0.000000402. The van der Waals surface area contributed by atoms with Gasteiger partial charge in [0.1, 0.15) is 0 Å². The number of hydrogen-bond donors (Lipinski definition) is 15. The zero-order valence-electron chi connectivity index (χ0n) is 39.9. The number of aliphatic hydroxyl groups is 4. The molecular formula is C41H90O4S23. The number of aliphatic hydroxyl groups excluding tert-OH is 4. The number of hydrogen-bond acceptors (Lipinski definition) is 27. The van der Waals surface area contributed by atoms with Crippen molar-refractivity contribution in [1.29, 1.82) is 0 Å². The summed E-state index contributed by atoms with van der Waals surface area (Å²) in [6, 6.07) is 0. The molecule has 0 heterocycles. The van der Waals surface area contributed by atoms with Crippen molar-refractivity contribution in [2.45, 2.75) is 57.1 Å². The van der Waals surface area contributed by atoms with Gasteiger partial charge in [-0.15, -0.1) is 0 Å². The van der Waals surface area contributed by atoms with Crippen LogP contribution in [0.2, 0.25) is 0 Å². The Kier molecular flexibility index (Phi) is 86.0. The van der Waals surface area contributed by atoms with Crippen molar-refractivity contribution >= 4 is 280 Å². The van der Waals surface area contributed by atoms with Gasteiger partial charge in [-0.1, -0.05) is 6.92 Å². The lowest BCUT2D eigenvalue weighted by molar-refractivity contribution is 0.220. The van der Waals surface area contributed by atoms with Gasteiger partial charge in [-0.05, 0) is 40.9 Å². The highest BCUT2D eigenvalue weighted by Crippen LogP contribution is 2.27. The molecule has 68 heavy (non-hydrogen) atoms. The molecule has 4 nitrogen and oxygen atoms in total. The molecule has 416 valence electrons. The molecule has 8 atom stereocenters. The molecule has 0 aromatic heterocycles. The van der Waals surface area contributed by atoms with Gasteiger partial charge in [0.25, 0.3) is 0 Å². The normalized spacial score (nSPS) is 14.8. The number of thiol groups is 11. The van der Waals surface area contributed by atoms with Gasteiger partial charge in [0, 0.05) is 164 Å². The summed E-state index contributed by atoms with van der Waals surface area (Å²) in [5, 5.41) is 40.2. The van der Waals surface area contributed by atoms with Gasteiger partial charge in [-0.3, -0.25) is 0 Å². The van der Waals surface area contributed by atoms with Crippen molar-refractivity contribution in [3.63, 3.8) is 0 Å². The van der Waals surface area contributed by atoms with Gasteiger partial charge < -0.3 is 20.4 Å². The van der Waals surface area contributed by atoms with Crippen LogP contribution in [0.3, 0.4) is 0 Å². The summed E-state index contributed by atoms with van der Waals surface area (Å²) >= 11 is 70.5. The fraction of sp³-hybridized carbons (Fsp3) is 1.00. The third kappa shape index (κ3) is 64.7. The quantitative estimate of drug-likeness (QED) is 0.0211. The van der Waals surface area contributed by atoms with Crippen LogP contribution < -0.4 is 0 Å². The van der Waals surface area contributed by atoms with Gasteiger partial charge in [-0.2, -0.15) is 280 Å². The van der Waals surface area contributed by atoms with Crippen molar-refractivity contribution in [3.8, 4) is 0 Å². The Labute approximate surface area is 530 Å². The van der Waals surface area contributed by atoms with Gasteiger partial charge >= 0.3 is 0 Å². The fourth-order valence-corrected chi connectivity index (χ4v) is 22.2. The van der Waals surface area contributed by atoms with Crippen LogP contribution in [-0.4, -0.2) is 244 Å². The molecule has 0 spiro atoms. The molecule has 0 saturated heterocycles. The summed E-state index contributed by atoms with van der Waals surface area (Å²) in [7, 11) is 0. The first kappa shape index (κ1) is 82.4. The highest BCUT2D eigenvalue weighted by Gasteiger charge is 2.16. The maximum atomic E-state index is 9.56. The topological polar surface area (TPSA) is 80.9 Å². The molecule has 4 N–H and O–H groups in total. The molecule has 0 aliphatic carbocycles. The van der Waals surface area contributed by atoms with E-state index in [4.69, 9.17) is 10.2 Å². The maximum absolute atomic E-state index is 9.56. The summed E-state index contributed by atoms with van der Waals surface area (Å²) in [5.74, 6) is 28.4. The maximum Gasteiger partial charge on any atom is 0.0720 e. The van der Waals surface area contributed by atoms with Crippen LogP contribution in [0.15, 0.2) is 0 Å². The minimum atomic E-state index is -0.381. The lowest BCUT2D eigenvalue weighted by Crippen LogP contribution is -2.18. The van der Waals surface area contributed by atoms with Gasteiger partial charge in [0.05, 0.1) is 25.4 Å². The molecular weight excluding hydrogens is 1290 g/mol. The van der Waals surface area contributed by atoms with Crippen LogP contribution in [-0.2, 0) is 0 Å². The summed E-state index contributed by atoms with van der Waals surface area (Å²) < 4.78 is 0.